The summed E-state index contributed by atoms with van der Waals surface area (Å²) in [5.41, 5.74) is 1.29. The molecule has 0 aromatic carbocycles. The highest BCUT2D eigenvalue weighted by atomic mass is 16.6. The molecule has 16 nitrogen and oxygen atoms in total. The Morgan fingerprint density at radius 1 is 0.836 bits per heavy atom. The zero-order valence-electron chi connectivity index (χ0n) is 45.8. The number of esters is 1. The number of carbonyl (C=O) groups is 5. The largest absolute Gasteiger partial charge is 0.460 e. The molecule has 2 bridgehead atoms. The van der Waals surface area contributed by atoms with Crippen LogP contribution in [-0.4, -0.2) is 171 Å². The molecule has 1 aliphatic carbocycles. The second-order valence-electron chi connectivity index (χ2n) is 22.0. The van der Waals surface area contributed by atoms with Gasteiger partial charge in [0, 0.05) is 91.2 Å². The molecule has 1 amide bonds. The van der Waals surface area contributed by atoms with E-state index >= 15 is 0 Å². The number of carbonyl (C=O) groups excluding carboxylic acids is 5. The summed E-state index contributed by atoms with van der Waals surface area (Å²) < 4.78 is 36.5. The Labute approximate surface area is 436 Å². The Bertz CT molecular complexity index is 1950. The van der Waals surface area contributed by atoms with Crippen molar-refractivity contribution in [2.24, 2.45) is 35.5 Å². The minimum Gasteiger partial charge on any atom is -0.460 e. The van der Waals surface area contributed by atoms with Crippen molar-refractivity contribution in [1.29, 1.82) is 0 Å². The first kappa shape index (κ1) is 60.4. The van der Waals surface area contributed by atoms with Crippen molar-refractivity contribution in [2.75, 3.05) is 67.2 Å². The molecule has 4 heterocycles. The summed E-state index contributed by atoms with van der Waals surface area (Å²) in [7, 11) is 4.69. The van der Waals surface area contributed by atoms with Crippen LogP contribution in [-0.2, 0) is 52.4 Å². The third-order valence-electron chi connectivity index (χ3n) is 16.4. The van der Waals surface area contributed by atoms with Gasteiger partial charge >= 0.3 is 5.97 Å². The number of piperidine rings is 1. The SMILES string of the molecule is CO[C@H]1CC2CC[C@@H](C)[C@@](O)(O2)C(=O)C(=O)N2CCCC[C@H]2C(=O)O[C@H]([C@H](C)C[C@@H]2CC[C@@H](OCCN3CCNCC3)[C@H](OC)C2)CC(=O)[C@H](C)/C=C(\C)[C@@H](O)[C@@H](OC)C(=O)[C@@H](C)C[C@H](C)/C=C/C=C/C=C/1C. The van der Waals surface area contributed by atoms with E-state index in [2.05, 4.69) is 10.2 Å². The Morgan fingerprint density at radius 2 is 1.58 bits per heavy atom. The molecule has 3 N–H and O–H groups in total. The summed E-state index contributed by atoms with van der Waals surface area (Å²) in [6.07, 6.45) is 12.7. The van der Waals surface area contributed by atoms with Crippen LogP contribution in [0.25, 0.3) is 0 Å². The lowest BCUT2D eigenvalue weighted by Crippen LogP contribution is -2.61. The minimum atomic E-state index is -2.43. The monoisotopic (exact) mass is 1030 g/mol. The lowest BCUT2D eigenvalue weighted by molar-refractivity contribution is -0.265. The number of piperazine rings is 1. The fourth-order valence-electron chi connectivity index (χ4n) is 11.6. The number of Topliss-reactive ketones (excluding diaryl/α,β-unsaturated/α-hetero) is 3. The number of allylic oxidation sites excluding steroid dienone is 6. The highest BCUT2D eigenvalue weighted by molar-refractivity contribution is 6.39. The fourth-order valence-corrected chi connectivity index (χ4v) is 11.6. The number of cyclic esters (lactones) is 1. The van der Waals surface area contributed by atoms with E-state index in [1.807, 2.05) is 58.1 Å². The lowest BCUT2D eigenvalue weighted by atomic mass is 9.78. The van der Waals surface area contributed by atoms with Crippen molar-refractivity contribution in [1.82, 2.24) is 15.1 Å². The number of fused-ring (bicyclic) bond motifs is 3. The van der Waals surface area contributed by atoms with Gasteiger partial charge in [-0.3, -0.25) is 24.1 Å². The van der Waals surface area contributed by atoms with E-state index < -0.39 is 77.8 Å². The van der Waals surface area contributed by atoms with E-state index in [0.717, 1.165) is 57.6 Å². The molecule has 15 atom stereocenters. The zero-order valence-corrected chi connectivity index (χ0v) is 45.8. The van der Waals surface area contributed by atoms with Crippen LogP contribution in [0.3, 0.4) is 0 Å². The summed E-state index contributed by atoms with van der Waals surface area (Å²) in [5, 5.41) is 27.0. The number of aliphatic hydroxyl groups excluding tert-OH is 1. The second-order valence-corrected chi connectivity index (χ2v) is 22.0. The smallest absolute Gasteiger partial charge is 0.329 e. The molecule has 73 heavy (non-hydrogen) atoms. The number of amides is 1. The molecular formula is C57H91N3O13. The third-order valence-corrected chi connectivity index (χ3v) is 16.4. The highest BCUT2D eigenvalue weighted by Crippen LogP contribution is 2.38. The van der Waals surface area contributed by atoms with Crippen LogP contribution < -0.4 is 5.32 Å². The van der Waals surface area contributed by atoms with E-state index in [9.17, 15) is 34.2 Å². The van der Waals surface area contributed by atoms with Crippen LogP contribution in [0.4, 0.5) is 0 Å². The van der Waals surface area contributed by atoms with Crippen molar-refractivity contribution in [3.05, 3.63) is 47.6 Å². The summed E-state index contributed by atoms with van der Waals surface area (Å²) in [6, 6.07) is -1.13. The van der Waals surface area contributed by atoms with Gasteiger partial charge in [0.25, 0.3) is 11.7 Å². The van der Waals surface area contributed by atoms with Crippen molar-refractivity contribution >= 4 is 29.2 Å². The normalized spacial score (nSPS) is 38.8. The molecule has 0 aromatic heterocycles. The van der Waals surface area contributed by atoms with Gasteiger partial charge in [0.15, 0.2) is 5.78 Å². The van der Waals surface area contributed by atoms with Crippen LogP contribution in [0.5, 0.6) is 0 Å². The molecule has 3 saturated heterocycles. The number of nitrogens with zero attached hydrogens (tertiary/aromatic N) is 2. The highest BCUT2D eigenvalue weighted by Gasteiger charge is 2.53. The minimum absolute atomic E-state index is 0.0210. The van der Waals surface area contributed by atoms with Crippen molar-refractivity contribution in [2.45, 2.75) is 180 Å². The summed E-state index contributed by atoms with van der Waals surface area (Å²) in [4.78, 5) is 75.0. The van der Waals surface area contributed by atoms with E-state index in [4.69, 9.17) is 28.4 Å². The van der Waals surface area contributed by atoms with Crippen LogP contribution in [0.1, 0.15) is 126 Å². The molecule has 1 unspecified atom stereocenters. The van der Waals surface area contributed by atoms with Gasteiger partial charge in [-0.15, -0.1) is 0 Å². The maximum absolute atomic E-state index is 14.6. The Balaban J connectivity index is 1.42. The second kappa shape index (κ2) is 29.2. The predicted molar refractivity (Wildman–Crippen MR) is 278 cm³/mol. The van der Waals surface area contributed by atoms with Crippen LogP contribution in [0.2, 0.25) is 0 Å². The molecule has 0 radical (unpaired) electrons. The number of nitrogens with one attached hydrogen (secondary N) is 1. The Morgan fingerprint density at radius 3 is 2.27 bits per heavy atom. The van der Waals surface area contributed by atoms with Gasteiger partial charge in [0.1, 0.15) is 30.1 Å². The average Bonchev–Trinajstić information content (AvgIpc) is 3.38. The van der Waals surface area contributed by atoms with Gasteiger partial charge in [-0.1, -0.05) is 71.1 Å². The topological polar surface area (TPSA) is 200 Å². The molecule has 0 spiro atoms. The van der Waals surface area contributed by atoms with E-state index in [1.165, 1.54) is 12.0 Å². The lowest BCUT2D eigenvalue weighted by Gasteiger charge is -2.42. The van der Waals surface area contributed by atoms with Crippen LogP contribution in [0, 0.1) is 35.5 Å². The molecule has 1 saturated carbocycles. The maximum Gasteiger partial charge on any atom is 0.329 e. The average molecular weight is 1030 g/mol. The first-order valence-electron chi connectivity index (χ1n) is 27.3. The summed E-state index contributed by atoms with van der Waals surface area (Å²) in [6.45, 7) is 18.3. The van der Waals surface area contributed by atoms with Crippen molar-refractivity contribution in [3.63, 3.8) is 0 Å². The number of rotatable bonds is 10. The van der Waals surface area contributed by atoms with Gasteiger partial charge in [0.2, 0.25) is 5.79 Å². The molecule has 16 heteroatoms. The molecule has 412 valence electrons. The standard InChI is InChI=1S/C57H91N3O13/c1-36-16-12-11-13-17-37(2)48(68-8)34-44-21-19-42(7)57(67,73-44)54(64)55(65)60-25-15-14-18-45(60)56(66)72-49(35-46(61)38(3)31-41(6)52(63)53(70-10)51(62)40(5)30-36)39(4)32-43-20-22-47(50(33-43)69-9)71-29-28-59-26-23-58-24-27-59/h11-13,16-17,31,36,38-40,42-45,47-50,52-53,58,63,67H,14-15,18-30,32-35H2,1-10H3/b13-11+,16-12+,37-17+,41-31+/t36-,38-,39-,40+,42-,43+,44?,45+,47-,48+,49+,50-,52-,53+,57-/m1/s1. The number of aliphatic hydroxyl groups is 2. The number of hydrogen-bond donors (Lipinski definition) is 3. The molecule has 5 aliphatic rings. The maximum atomic E-state index is 14.6. The molecule has 5 rings (SSSR count). The van der Waals surface area contributed by atoms with E-state index in [-0.39, 0.29) is 60.9 Å². The van der Waals surface area contributed by atoms with Crippen molar-refractivity contribution < 1.29 is 62.6 Å². The van der Waals surface area contributed by atoms with Crippen LogP contribution in [0.15, 0.2) is 47.6 Å². The van der Waals surface area contributed by atoms with Crippen LogP contribution >= 0.6 is 0 Å². The zero-order chi connectivity index (χ0) is 53.4. The van der Waals surface area contributed by atoms with Crippen molar-refractivity contribution in [3.8, 4) is 0 Å². The number of methoxy groups -OCH3 is 3. The van der Waals surface area contributed by atoms with Gasteiger partial charge in [-0.2, -0.15) is 0 Å². The number of ether oxygens (including phenoxy) is 6. The molecular weight excluding hydrogens is 935 g/mol. The summed E-state index contributed by atoms with van der Waals surface area (Å²) in [5.74, 6) is -7.76. The molecule has 0 aromatic rings. The first-order chi connectivity index (χ1) is 34.8. The molecule has 4 aliphatic heterocycles. The first-order valence-corrected chi connectivity index (χ1v) is 27.3. The summed E-state index contributed by atoms with van der Waals surface area (Å²) >= 11 is 0. The number of hydrogen-bond acceptors (Lipinski definition) is 15. The fraction of sp³-hybridized carbons (Fsp3) is 0.772. The third kappa shape index (κ3) is 16.8. The van der Waals surface area contributed by atoms with Gasteiger partial charge in [-0.25, -0.2) is 4.79 Å². The quantitative estimate of drug-likeness (QED) is 0.129. The number of ketones is 3. The van der Waals surface area contributed by atoms with Gasteiger partial charge in [-0.05, 0) is 107 Å². The predicted octanol–water partition coefficient (Wildman–Crippen LogP) is 6.11. The van der Waals surface area contributed by atoms with Gasteiger partial charge < -0.3 is 48.9 Å². The Kier molecular flexibility index (Phi) is 24.1. The molecule has 4 fully saturated rings. The van der Waals surface area contributed by atoms with Gasteiger partial charge in [0.05, 0.1) is 31.0 Å². The Hall–Kier alpha value is -3.45. The van der Waals surface area contributed by atoms with E-state index in [1.54, 1.807) is 41.1 Å². The van der Waals surface area contributed by atoms with E-state index in [0.29, 0.717) is 57.1 Å².